The van der Waals surface area contributed by atoms with Crippen molar-refractivity contribution in [3.8, 4) is 11.8 Å². The summed E-state index contributed by atoms with van der Waals surface area (Å²) in [6.07, 6.45) is 6.84. The number of aromatic nitrogens is 6. The molecule has 1 unspecified atom stereocenters. The van der Waals surface area contributed by atoms with Crippen LogP contribution in [-0.2, 0) is 0 Å². The van der Waals surface area contributed by atoms with Gasteiger partial charge in [-0.15, -0.1) is 21.5 Å². The molecule has 5 rings (SSSR count). The molecule has 0 radical (unpaired) electrons. The van der Waals surface area contributed by atoms with E-state index >= 15 is 0 Å². The average molecular weight is 455 g/mol. The summed E-state index contributed by atoms with van der Waals surface area (Å²) in [5.74, 6) is 1.68. The Morgan fingerprint density at radius 1 is 1.36 bits per heavy atom. The number of allylic oxidation sites excluding steroid dienone is 1. The predicted octanol–water partition coefficient (Wildman–Crippen LogP) is 3.46. The fourth-order valence-corrected chi connectivity index (χ4v) is 4.50. The third-order valence-electron chi connectivity index (χ3n) is 5.40. The lowest BCUT2D eigenvalue weighted by Crippen LogP contribution is -2.32. The molecule has 0 aliphatic carbocycles. The number of rotatable bonds is 5. The molecular formula is C22H18N10S. The summed E-state index contributed by atoms with van der Waals surface area (Å²) in [7, 11) is 0. The number of hydrogen-bond donors (Lipinski definition) is 2. The quantitative estimate of drug-likeness (QED) is 0.436. The molecule has 0 amide bonds. The Balaban J connectivity index is 1.75. The van der Waals surface area contributed by atoms with E-state index in [9.17, 15) is 5.26 Å². The minimum atomic E-state index is -0.166. The van der Waals surface area contributed by atoms with Gasteiger partial charge in [0.25, 0.3) is 0 Å². The molecule has 11 heteroatoms. The molecule has 1 aliphatic rings. The third kappa shape index (κ3) is 3.33. The number of nitrogens with one attached hydrogen (secondary N) is 1. The molecule has 1 atom stereocenters. The molecule has 0 saturated heterocycles. The summed E-state index contributed by atoms with van der Waals surface area (Å²) < 4.78 is 1.87. The first-order chi connectivity index (χ1) is 16.2. The average Bonchev–Trinajstić information content (AvgIpc) is 3.56. The van der Waals surface area contributed by atoms with Crippen molar-refractivity contribution >= 4 is 40.3 Å². The van der Waals surface area contributed by atoms with Crippen molar-refractivity contribution in [2.45, 2.75) is 19.4 Å². The van der Waals surface area contributed by atoms with Gasteiger partial charge < -0.3 is 16.0 Å². The van der Waals surface area contributed by atoms with Crippen LogP contribution >= 0.6 is 11.3 Å². The van der Waals surface area contributed by atoms with E-state index in [0.717, 1.165) is 24.1 Å². The van der Waals surface area contributed by atoms with Gasteiger partial charge in [-0.25, -0.2) is 15.0 Å². The van der Waals surface area contributed by atoms with Crippen LogP contribution in [0.4, 0.5) is 11.5 Å². The number of benzene rings is 1. The Morgan fingerprint density at radius 3 is 2.97 bits per heavy atom. The zero-order chi connectivity index (χ0) is 22.9. The second-order valence-electron chi connectivity index (χ2n) is 7.23. The first-order valence-electron chi connectivity index (χ1n) is 10.1. The van der Waals surface area contributed by atoms with E-state index in [0.29, 0.717) is 39.2 Å². The number of nitrogens with two attached hydrogens (primary N) is 1. The van der Waals surface area contributed by atoms with Crippen LogP contribution in [0.15, 0.2) is 48.4 Å². The van der Waals surface area contributed by atoms with Crippen molar-refractivity contribution in [2.24, 2.45) is 5.73 Å². The molecule has 3 N–H and O–H groups in total. The minimum Gasteiger partial charge on any atom is -0.396 e. The Bertz CT molecular complexity index is 1410. The highest BCUT2D eigenvalue weighted by atomic mass is 32.1. The molecule has 1 aliphatic heterocycles. The maximum absolute atomic E-state index is 9.43. The minimum absolute atomic E-state index is 0.166. The fraction of sp³-hybridized carbons (Fsp3) is 0.136. The third-order valence-corrected chi connectivity index (χ3v) is 6.21. The molecule has 4 heterocycles. The maximum atomic E-state index is 9.43. The predicted molar refractivity (Wildman–Crippen MR) is 125 cm³/mol. The molecular weight excluding hydrogens is 436 g/mol. The zero-order valence-electron chi connectivity index (χ0n) is 17.5. The molecule has 162 valence electrons. The lowest BCUT2D eigenvalue weighted by atomic mass is 10.1. The van der Waals surface area contributed by atoms with Gasteiger partial charge >= 0.3 is 0 Å². The van der Waals surface area contributed by atoms with Crippen LogP contribution in [0.1, 0.15) is 41.6 Å². The van der Waals surface area contributed by atoms with Gasteiger partial charge in [0, 0.05) is 23.5 Å². The Kier molecular flexibility index (Phi) is 5.12. The Morgan fingerprint density at radius 2 is 2.24 bits per heavy atom. The van der Waals surface area contributed by atoms with Gasteiger partial charge in [0.15, 0.2) is 17.5 Å². The van der Waals surface area contributed by atoms with Gasteiger partial charge in [0.1, 0.15) is 17.0 Å². The molecule has 0 fully saturated rings. The van der Waals surface area contributed by atoms with Crippen LogP contribution in [0.5, 0.6) is 0 Å². The van der Waals surface area contributed by atoms with Crippen LogP contribution in [-0.4, -0.2) is 35.9 Å². The van der Waals surface area contributed by atoms with E-state index in [1.54, 1.807) is 24.8 Å². The number of nitriles is 1. The van der Waals surface area contributed by atoms with Crippen LogP contribution in [0.3, 0.4) is 0 Å². The summed E-state index contributed by atoms with van der Waals surface area (Å²) in [6, 6.07) is 9.37. The Hall–Kier alpha value is -4.43. The van der Waals surface area contributed by atoms with Crippen LogP contribution in [0.2, 0.25) is 0 Å². The van der Waals surface area contributed by atoms with Crippen molar-refractivity contribution in [2.75, 3.05) is 4.90 Å². The van der Waals surface area contributed by atoms with Gasteiger partial charge in [-0.3, -0.25) is 4.57 Å². The normalized spacial score (nSPS) is 15.3. The monoisotopic (exact) mass is 454 g/mol. The summed E-state index contributed by atoms with van der Waals surface area (Å²) >= 11 is 1.38. The second kappa shape index (κ2) is 8.25. The van der Waals surface area contributed by atoms with Gasteiger partial charge in [-0.05, 0) is 24.6 Å². The summed E-state index contributed by atoms with van der Waals surface area (Å²) in [5.41, 5.74) is 9.07. The first-order valence-corrected chi connectivity index (χ1v) is 11.0. The number of anilines is 2. The van der Waals surface area contributed by atoms with Crippen LogP contribution in [0.25, 0.3) is 17.0 Å². The smallest absolute Gasteiger partial charge is 0.165 e. The molecule has 33 heavy (non-hydrogen) atoms. The van der Waals surface area contributed by atoms with Crippen LogP contribution < -0.4 is 10.6 Å². The lowest BCUT2D eigenvalue weighted by Gasteiger charge is -2.37. The largest absolute Gasteiger partial charge is 0.396 e. The second-order valence-corrected chi connectivity index (χ2v) is 8.12. The summed E-state index contributed by atoms with van der Waals surface area (Å²) in [6.45, 7) is 2.06. The Labute approximate surface area is 193 Å². The number of fused-ring (bicyclic) bond motifs is 3. The van der Waals surface area contributed by atoms with E-state index in [4.69, 9.17) is 16.1 Å². The van der Waals surface area contributed by atoms with Crippen molar-refractivity contribution in [3.63, 3.8) is 0 Å². The molecule has 1 aromatic carbocycles. The highest BCUT2D eigenvalue weighted by Gasteiger charge is 2.35. The van der Waals surface area contributed by atoms with Gasteiger partial charge in [0.05, 0.1) is 35.1 Å². The summed E-state index contributed by atoms with van der Waals surface area (Å²) in [4.78, 5) is 15.6. The van der Waals surface area contributed by atoms with Crippen molar-refractivity contribution in [1.82, 2.24) is 29.7 Å². The first kappa shape index (κ1) is 20.5. The van der Waals surface area contributed by atoms with Crippen molar-refractivity contribution < 1.29 is 0 Å². The van der Waals surface area contributed by atoms with Gasteiger partial charge in [0.2, 0.25) is 0 Å². The lowest BCUT2D eigenvalue weighted by molar-refractivity contribution is 0.589. The van der Waals surface area contributed by atoms with Crippen LogP contribution in [0, 0.1) is 16.7 Å². The molecule has 10 nitrogen and oxygen atoms in total. The topological polar surface area (TPSA) is 146 Å². The van der Waals surface area contributed by atoms with E-state index in [-0.39, 0.29) is 6.04 Å². The molecule has 0 saturated carbocycles. The van der Waals surface area contributed by atoms with E-state index in [2.05, 4.69) is 33.2 Å². The number of nitrogens with zero attached hydrogens (tertiary/aromatic N) is 8. The van der Waals surface area contributed by atoms with Crippen molar-refractivity contribution in [3.05, 3.63) is 70.6 Å². The van der Waals surface area contributed by atoms with Gasteiger partial charge in [-0.1, -0.05) is 13.0 Å². The fourth-order valence-electron chi connectivity index (χ4n) is 3.89. The number of thiazole rings is 1. The van der Waals surface area contributed by atoms with E-state index < -0.39 is 0 Å². The molecule has 0 spiro atoms. The van der Waals surface area contributed by atoms with Crippen molar-refractivity contribution in [1.29, 1.82) is 10.7 Å². The SMILES string of the molecule is CCC1c2nncn2-c2cnc(/C(C=N)=C(/N)c3nccs3)nc2N1c1cccc(C#N)c1. The highest BCUT2D eigenvalue weighted by molar-refractivity contribution is 7.10. The van der Waals surface area contributed by atoms with E-state index in [1.165, 1.54) is 11.3 Å². The zero-order valence-corrected chi connectivity index (χ0v) is 18.4. The summed E-state index contributed by atoms with van der Waals surface area (Å²) in [5, 5.41) is 28.3. The standard InChI is InChI=1S/C22H18N10S/c1-2-16-21-30-28-12-31(21)17-11-27-19(15(10-24)18(25)22-26-6-7-33-22)29-20(17)32(16)14-5-3-4-13(8-14)9-23/h3-8,10-12,16,24H,2,25H2,1H3/b18-15+,24-10?. The van der Waals surface area contributed by atoms with Gasteiger partial charge in [-0.2, -0.15) is 5.26 Å². The molecule has 3 aromatic heterocycles. The molecule has 0 bridgehead atoms. The molecule has 4 aromatic rings. The number of hydrogen-bond acceptors (Lipinski definition) is 10. The highest BCUT2D eigenvalue weighted by Crippen LogP contribution is 2.43. The van der Waals surface area contributed by atoms with E-state index in [1.807, 2.05) is 33.0 Å². The maximum Gasteiger partial charge on any atom is 0.165 e.